The molecule has 1 unspecified atom stereocenters. The molecule has 1 amide bonds. The first-order valence-electron chi connectivity index (χ1n) is 6.30. The Hall–Kier alpha value is -2.12. The molecule has 1 N–H and O–H groups in total. The normalized spacial score (nSPS) is 17.6. The van der Waals surface area contributed by atoms with E-state index >= 15 is 0 Å². The summed E-state index contributed by atoms with van der Waals surface area (Å²) in [5.41, 5.74) is 3.75. The average Bonchev–Trinajstić information content (AvgIpc) is 2.89. The van der Waals surface area contributed by atoms with Gasteiger partial charge in [-0.05, 0) is 29.8 Å². The van der Waals surface area contributed by atoms with Gasteiger partial charge in [0.25, 0.3) is 5.91 Å². The average molecular weight is 379 g/mol. The van der Waals surface area contributed by atoms with Crippen molar-refractivity contribution >= 4 is 45.5 Å². The number of carbonyl (C=O) groups excluding carboxylic acids is 1. The summed E-state index contributed by atoms with van der Waals surface area (Å²) in [7, 11) is 0. The molecule has 2 aromatic rings. The molecule has 0 radical (unpaired) electrons. The third-order valence-electron chi connectivity index (χ3n) is 2.97. The number of hydrogen-bond acceptors (Lipinski definition) is 5. The van der Waals surface area contributed by atoms with Crippen molar-refractivity contribution in [2.75, 3.05) is 0 Å². The summed E-state index contributed by atoms with van der Waals surface area (Å²) in [5.74, 6) is -0.638. The fraction of sp³-hybridized carbons (Fsp3) is 0.0714. The van der Waals surface area contributed by atoms with Gasteiger partial charge in [-0.25, -0.2) is 10.4 Å². The van der Waals surface area contributed by atoms with Crippen molar-refractivity contribution < 1.29 is 4.79 Å². The lowest BCUT2D eigenvalue weighted by atomic mass is 10.0. The lowest BCUT2D eigenvalue weighted by Crippen LogP contribution is -2.22. The van der Waals surface area contributed by atoms with Crippen LogP contribution in [-0.2, 0) is 4.79 Å². The first kappa shape index (κ1) is 14.8. The van der Waals surface area contributed by atoms with E-state index in [9.17, 15) is 4.79 Å². The van der Waals surface area contributed by atoms with Crippen molar-refractivity contribution in [2.45, 2.75) is 5.92 Å². The van der Waals surface area contributed by atoms with Gasteiger partial charge < -0.3 is 0 Å². The van der Waals surface area contributed by atoms with E-state index < -0.39 is 5.92 Å². The molecule has 6 nitrogen and oxygen atoms in total. The molecule has 110 valence electrons. The highest BCUT2D eigenvalue weighted by molar-refractivity contribution is 9.10. The van der Waals surface area contributed by atoms with Gasteiger partial charge in [0.1, 0.15) is 5.92 Å². The second-order valence-corrected chi connectivity index (χ2v) is 5.77. The van der Waals surface area contributed by atoms with Crippen LogP contribution in [0, 0.1) is 0 Å². The number of amidine groups is 1. The first-order valence-corrected chi connectivity index (χ1v) is 7.47. The molecule has 3 rings (SSSR count). The molecule has 1 aromatic carbocycles. The number of halogens is 2. The van der Waals surface area contributed by atoms with Gasteiger partial charge in [0.15, 0.2) is 11.0 Å². The topological polar surface area (TPSA) is 79.6 Å². The Balaban J connectivity index is 1.84. The second-order valence-electron chi connectivity index (χ2n) is 4.47. The maximum Gasteiger partial charge on any atom is 0.257 e. The Morgan fingerprint density at radius 2 is 1.95 bits per heavy atom. The summed E-state index contributed by atoms with van der Waals surface area (Å²) in [5, 5.41) is 11.9. The number of aromatic nitrogens is 2. The fourth-order valence-electron chi connectivity index (χ4n) is 1.90. The Kier molecular flexibility index (Phi) is 4.26. The van der Waals surface area contributed by atoms with E-state index in [2.05, 4.69) is 41.6 Å². The van der Waals surface area contributed by atoms with Crippen molar-refractivity contribution in [1.29, 1.82) is 0 Å². The van der Waals surface area contributed by atoms with Gasteiger partial charge in [-0.15, -0.1) is 5.10 Å². The Bertz CT molecular complexity index is 758. The molecule has 0 bridgehead atoms. The highest BCUT2D eigenvalue weighted by Crippen LogP contribution is 2.21. The highest BCUT2D eigenvalue weighted by atomic mass is 79.9. The van der Waals surface area contributed by atoms with Crippen LogP contribution in [0.15, 0.2) is 51.0 Å². The molecule has 1 aliphatic rings. The Labute approximate surface area is 139 Å². The molecule has 1 aliphatic heterocycles. The summed E-state index contributed by atoms with van der Waals surface area (Å²) >= 11 is 9.07. The third-order valence-corrected chi connectivity index (χ3v) is 3.70. The van der Waals surface area contributed by atoms with Gasteiger partial charge in [-0.1, -0.05) is 39.7 Å². The van der Waals surface area contributed by atoms with Crippen LogP contribution in [0.3, 0.4) is 0 Å². The van der Waals surface area contributed by atoms with Gasteiger partial charge in [-0.3, -0.25) is 4.79 Å². The van der Waals surface area contributed by atoms with Gasteiger partial charge in [0, 0.05) is 10.7 Å². The van der Waals surface area contributed by atoms with Gasteiger partial charge >= 0.3 is 0 Å². The summed E-state index contributed by atoms with van der Waals surface area (Å²) in [6.45, 7) is 0. The van der Waals surface area contributed by atoms with Crippen LogP contribution in [-0.4, -0.2) is 28.2 Å². The van der Waals surface area contributed by atoms with Crippen LogP contribution in [0.2, 0.25) is 5.15 Å². The molecule has 0 fully saturated rings. The molecule has 2 heterocycles. The van der Waals surface area contributed by atoms with Crippen molar-refractivity contribution in [1.82, 2.24) is 15.6 Å². The van der Waals surface area contributed by atoms with E-state index in [0.29, 0.717) is 11.5 Å². The van der Waals surface area contributed by atoms with Crippen LogP contribution < -0.4 is 5.43 Å². The van der Waals surface area contributed by atoms with Crippen LogP contribution in [0.25, 0.3) is 0 Å². The number of nitrogens with one attached hydrogen (secondary N) is 1. The Morgan fingerprint density at radius 1 is 1.18 bits per heavy atom. The lowest BCUT2D eigenvalue weighted by molar-refractivity contribution is -0.120. The lowest BCUT2D eigenvalue weighted by Gasteiger charge is -2.05. The van der Waals surface area contributed by atoms with Gasteiger partial charge in [0.05, 0.1) is 5.69 Å². The minimum atomic E-state index is -0.684. The molecule has 0 saturated heterocycles. The summed E-state index contributed by atoms with van der Waals surface area (Å²) in [6.07, 6.45) is 1.64. The number of carbonyl (C=O) groups is 1. The van der Waals surface area contributed by atoms with E-state index in [-0.39, 0.29) is 11.1 Å². The van der Waals surface area contributed by atoms with Crippen LogP contribution >= 0.6 is 27.5 Å². The predicted octanol–water partition coefficient (Wildman–Crippen LogP) is 2.54. The highest BCUT2D eigenvalue weighted by Gasteiger charge is 2.33. The maximum atomic E-state index is 11.9. The number of hydrogen-bond donors (Lipinski definition) is 1. The molecule has 0 spiro atoms. The predicted molar refractivity (Wildman–Crippen MR) is 87.1 cm³/mol. The summed E-state index contributed by atoms with van der Waals surface area (Å²) in [6, 6.07) is 10.8. The van der Waals surface area contributed by atoms with E-state index in [1.54, 1.807) is 18.3 Å². The zero-order valence-electron chi connectivity index (χ0n) is 11.1. The molecule has 1 aromatic heterocycles. The minimum absolute atomic E-state index is 0.263. The van der Waals surface area contributed by atoms with E-state index in [1.165, 1.54) is 0 Å². The number of benzene rings is 1. The molecule has 1 atom stereocenters. The number of amides is 1. The standard InChI is InChI=1S/C14H9BrClN5O/c15-9-3-1-8(2-4-9)7-17-13-12(14(22)21-20-13)10-5-6-11(16)19-18-10/h1-7,12H,(H,21,22). The van der Waals surface area contributed by atoms with Gasteiger partial charge in [0.2, 0.25) is 0 Å². The van der Waals surface area contributed by atoms with Crippen molar-refractivity contribution in [3.63, 3.8) is 0 Å². The molecule has 22 heavy (non-hydrogen) atoms. The van der Waals surface area contributed by atoms with Crippen molar-refractivity contribution in [3.8, 4) is 0 Å². The van der Waals surface area contributed by atoms with E-state index in [0.717, 1.165) is 10.0 Å². The summed E-state index contributed by atoms with van der Waals surface area (Å²) < 4.78 is 0.981. The molecule has 8 heteroatoms. The fourth-order valence-corrected chi connectivity index (χ4v) is 2.26. The quantitative estimate of drug-likeness (QED) is 0.816. The zero-order valence-corrected chi connectivity index (χ0v) is 13.4. The number of aliphatic imine (C=N–C) groups is 1. The zero-order chi connectivity index (χ0) is 15.5. The Morgan fingerprint density at radius 3 is 2.64 bits per heavy atom. The molecule has 0 saturated carbocycles. The molecule has 0 aliphatic carbocycles. The van der Waals surface area contributed by atoms with E-state index in [1.807, 2.05) is 24.3 Å². The van der Waals surface area contributed by atoms with Crippen molar-refractivity contribution in [3.05, 3.63) is 57.3 Å². The van der Waals surface area contributed by atoms with Gasteiger partial charge in [-0.2, -0.15) is 10.2 Å². The SMILES string of the molecule is O=C1NN=C(N=Cc2ccc(Br)cc2)C1c1ccc(Cl)nn1. The minimum Gasteiger partial charge on any atom is -0.272 e. The van der Waals surface area contributed by atoms with Crippen molar-refractivity contribution in [2.24, 2.45) is 10.1 Å². The number of hydrazone groups is 1. The first-order chi connectivity index (χ1) is 10.6. The maximum absolute atomic E-state index is 11.9. The molecular formula is C14H9BrClN5O. The van der Waals surface area contributed by atoms with E-state index in [4.69, 9.17) is 11.6 Å². The van der Waals surface area contributed by atoms with Crippen LogP contribution in [0.4, 0.5) is 0 Å². The number of nitrogens with zero attached hydrogens (tertiary/aromatic N) is 4. The third kappa shape index (κ3) is 3.20. The second kappa shape index (κ2) is 6.33. The smallest absolute Gasteiger partial charge is 0.257 e. The van der Waals surface area contributed by atoms with Crippen LogP contribution in [0.1, 0.15) is 17.2 Å². The monoisotopic (exact) mass is 377 g/mol. The van der Waals surface area contributed by atoms with Crippen LogP contribution in [0.5, 0.6) is 0 Å². The molecular weight excluding hydrogens is 370 g/mol. The largest absolute Gasteiger partial charge is 0.272 e. The summed E-state index contributed by atoms with van der Waals surface area (Å²) in [4.78, 5) is 16.2. The number of rotatable bonds is 2.